The van der Waals surface area contributed by atoms with Crippen LogP contribution >= 0.6 is 0 Å². The number of rotatable bonds is 6. The van der Waals surface area contributed by atoms with Crippen molar-refractivity contribution in [1.29, 1.82) is 0 Å². The second-order valence-corrected chi connectivity index (χ2v) is 7.74. The van der Waals surface area contributed by atoms with Crippen molar-refractivity contribution in [3.63, 3.8) is 0 Å². The number of ether oxygens (including phenoxy) is 1. The number of nitrogens with one attached hydrogen (secondary N) is 1. The zero-order chi connectivity index (χ0) is 16.3. The Morgan fingerprint density at radius 3 is 2.64 bits per heavy atom. The zero-order valence-corrected chi connectivity index (χ0v) is 13.4. The van der Waals surface area contributed by atoms with Crippen molar-refractivity contribution >= 4 is 21.7 Å². The minimum atomic E-state index is -3.18. The van der Waals surface area contributed by atoms with Crippen molar-refractivity contribution < 1.29 is 22.7 Å². The van der Waals surface area contributed by atoms with Crippen molar-refractivity contribution in [2.75, 3.05) is 6.26 Å². The lowest BCUT2D eigenvalue weighted by molar-refractivity contribution is -0.129. The van der Waals surface area contributed by atoms with Crippen LogP contribution in [0, 0.1) is 0 Å². The maximum Gasteiger partial charge on any atom is 0.338 e. The molecule has 1 N–H and O–H groups in total. The van der Waals surface area contributed by atoms with Gasteiger partial charge >= 0.3 is 5.97 Å². The number of hydrogen-bond donors (Lipinski definition) is 1. The van der Waals surface area contributed by atoms with Crippen LogP contribution < -0.4 is 5.32 Å². The third-order valence-corrected chi connectivity index (χ3v) is 4.03. The summed E-state index contributed by atoms with van der Waals surface area (Å²) < 4.78 is 27.7. The Bertz CT molecular complexity index is 679. The van der Waals surface area contributed by atoms with Crippen molar-refractivity contribution in [1.82, 2.24) is 5.32 Å². The number of esters is 1. The highest BCUT2D eigenvalue weighted by molar-refractivity contribution is 7.89. The van der Waals surface area contributed by atoms with Crippen molar-refractivity contribution in [3.8, 4) is 0 Å². The average molecular weight is 325 g/mol. The molecule has 1 fully saturated rings. The van der Waals surface area contributed by atoms with E-state index >= 15 is 0 Å². The summed E-state index contributed by atoms with van der Waals surface area (Å²) in [6.45, 7) is 1.51. The van der Waals surface area contributed by atoms with Crippen LogP contribution in [-0.2, 0) is 25.1 Å². The van der Waals surface area contributed by atoms with Gasteiger partial charge in [-0.1, -0.05) is 12.1 Å². The molecular formula is C15H19NO5S. The number of carbonyl (C=O) groups excluding carboxylic acids is 2. The zero-order valence-electron chi connectivity index (χ0n) is 12.5. The van der Waals surface area contributed by atoms with E-state index in [1.807, 2.05) is 0 Å². The first kappa shape index (κ1) is 16.5. The van der Waals surface area contributed by atoms with E-state index in [-0.39, 0.29) is 23.3 Å². The summed E-state index contributed by atoms with van der Waals surface area (Å²) in [4.78, 5) is 23.8. The summed E-state index contributed by atoms with van der Waals surface area (Å²) in [5.41, 5.74) is 0.735. The molecule has 1 aliphatic carbocycles. The van der Waals surface area contributed by atoms with Gasteiger partial charge in [0, 0.05) is 12.3 Å². The Balaban J connectivity index is 1.99. The second-order valence-electron chi connectivity index (χ2n) is 5.60. The fourth-order valence-electron chi connectivity index (χ4n) is 1.92. The molecule has 22 heavy (non-hydrogen) atoms. The number of hydrogen-bond acceptors (Lipinski definition) is 5. The lowest BCUT2D eigenvalue weighted by atomic mass is 10.1. The Morgan fingerprint density at radius 2 is 2.05 bits per heavy atom. The predicted octanol–water partition coefficient (Wildman–Crippen LogP) is 1.06. The lowest BCUT2D eigenvalue weighted by Gasteiger charge is -2.13. The molecule has 1 atom stereocenters. The highest BCUT2D eigenvalue weighted by atomic mass is 32.2. The first-order chi connectivity index (χ1) is 10.2. The third kappa shape index (κ3) is 5.14. The largest absolute Gasteiger partial charge is 0.449 e. The van der Waals surface area contributed by atoms with Gasteiger partial charge in [0.2, 0.25) is 0 Å². The fourth-order valence-corrected chi connectivity index (χ4v) is 2.70. The molecule has 1 aromatic carbocycles. The number of carbonyl (C=O) groups is 2. The maximum absolute atomic E-state index is 12.0. The third-order valence-electron chi connectivity index (χ3n) is 3.17. The van der Waals surface area contributed by atoms with E-state index in [1.54, 1.807) is 12.1 Å². The van der Waals surface area contributed by atoms with E-state index in [0.717, 1.165) is 19.1 Å². The molecule has 1 amide bonds. The molecule has 1 aromatic rings. The highest BCUT2D eigenvalue weighted by Gasteiger charge is 2.27. The van der Waals surface area contributed by atoms with Gasteiger partial charge in [0.05, 0.1) is 11.3 Å². The Kier molecular flexibility index (Phi) is 4.85. The van der Waals surface area contributed by atoms with Crippen LogP contribution in [0.3, 0.4) is 0 Å². The number of sulfone groups is 1. The van der Waals surface area contributed by atoms with E-state index in [1.165, 1.54) is 19.1 Å². The van der Waals surface area contributed by atoms with E-state index in [4.69, 9.17) is 4.74 Å². The lowest BCUT2D eigenvalue weighted by Crippen LogP contribution is -2.37. The van der Waals surface area contributed by atoms with E-state index in [0.29, 0.717) is 5.56 Å². The molecule has 0 saturated heterocycles. The smallest absolute Gasteiger partial charge is 0.338 e. The summed E-state index contributed by atoms with van der Waals surface area (Å²) in [5.74, 6) is -1.11. The molecule has 0 radical (unpaired) electrons. The van der Waals surface area contributed by atoms with Gasteiger partial charge in [-0.15, -0.1) is 0 Å². The first-order valence-corrected chi connectivity index (χ1v) is 9.08. The molecule has 120 valence electrons. The van der Waals surface area contributed by atoms with Crippen LogP contribution in [0.15, 0.2) is 24.3 Å². The molecule has 0 spiro atoms. The summed E-state index contributed by atoms with van der Waals surface area (Å²) in [6.07, 6.45) is 2.16. The van der Waals surface area contributed by atoms with Crippen LogP contribution in [-0.4, -0.2) is 38.7 Å². The summed E-state index contributed by atoms with van der Waals surface area (Å²) in [6, 6.07) is 6.41. The molecule has 0 heterocycles. The maximum atomic E-state index is 12.0. The standard InChI is InChI=1S/C15H19NO5S/c1-10(14(17)16-13-6-7-13)21-15(18)12-5-3-4-11(8-12)9-22(2,19)20/h3-5,8,10,13H,6-7,9H2,1-2H3,(H,16,17)/t10-/m0/s1. The first-order valence-electron chi connectivity index (χ1n) is 7.02. The Labute approximate surface area is 129 Å². The van der Waals surface area contributed by atoms with Crippen molar-refractivity contribution in [3.05, 3.63) is 35.4 Å². The van der Waals surface area contributed by atoms with Gasteiger partial charge in [0.1, 0.15) is 0 Å². The second kappa shape index (κ2) is 6.48. The molecule has 2 rings (SSSR count). The van der Waals surface area contributed by atoms with Gasteiger partial charge < -0.3 is 10.1 Å². The molecule has 0 bridgehead atoms. The molecule has 1 saturated carbocycles. The van der Waals surface area contributed by atoms with E-state index in [2.05, 4.69) is 5.32 Å². The van der Waals surface area contributed by atoms with Crippen LogP contribution in [0.25, 0.3) is 0 Å². The van der Waals surface area contributed by atoms with Crippen LogP contribution in [0.4, 0.5) is 0 Å². The van der Waals surface area contributed by atoms with Crippen LogP contribution in [0.2, 0.25) is 0 Å². The van der Waals surface area contributed by atoms with Crippen molar-refractivity contribution in [2.24, 2.45) is 0 Å². The quantitative estimate of drug-likeness (QED) is 0.790. The highest BCUT2D eigenvalue weighted by Crippen LogP contribution is 2.19. The van der Waals surface area contributed by atoms with Gasteiger partial charge in [0.15, 0.2) is 15.9 Å². The van der Waals surface area contributed by atoms with Gasteiger partial charge in [-0.2, -0.15) is 0 Å². The van der Waals surface area contributed by atoms with Gasteiger partial charge in [0.25, 0.3) is 5.91 Å². The fraction of sp³-hybridized carbons (Fsp3) is 0.467. The predicted molar refractivity (Wildman–Crippen MR) is 81.0 cm³/mol. The van der Waals surface area contributed by atoms with Crippen molar-refractivity contribution in [2.45, 2.75) is 37.7 Å². The Hall–Kier alpha value is -1.89. The monoisotopic (exact) mass is 325 g/mol. The SMILES string of the molecule is C[C@H](OC(=O)c1cccc(CS(C)(=O)=O)c1)C(=O)NC1CC1. The minimum absolute atomic E-state index is 0.147. The topological polar surface area (TPSA) is 89.5 Å². The van der Waals surface area contributed by atoms with E-state index < -0.39 is 21.9 Å². The van der Waals surface area contributed by atoms with Crippen LogP contribution in [0.1, 0.15) is 35.7 Å². The average Bonchev–Trinajstić information content (AvgIpc) is 3.20. The van der Waals surface area contributed by atoms with E-state index in [9.17, 15) is 18.0 Å². The Morgan fingerprint density at radius 1 is 1.36 bits per heavy atom. The summed E-state index contributed by atoms with van der Waals surface area (Å²) in [5, 5.41) is 2.76. The molecule has 6 nitrogen and oxygen atoms in total. The minimum Gasteiger partial charge on any atom is -0.449 e. The van der Waals surface area contributed by atoms with Gasteiger partial charge in [-0.3, -0.25) is 4.79 Å². The molecule has 7 heteroatoms. The molecule has 1 aliphatic rings. The van der Waals surface area contributed by atoms with Crippen LogP contribution in [0.5, 0.6) is 0 Å². The molecular weight excluding hydrogens is 306 g/mol. The van der Waals surface area contributed by atoms with Gasteiger partial charge in [-0.05, 0) is 37.5 Å². The van der Waals surface area contributed by atoms with Gasteiger partial charge in [-0.25, -0.2) is 13.2 Å². The molecule has 0 unspecified atom stereocenters. The number of benzene rings is 1. The number of amides is 1. The summed E-state index contributed by atoms with van der Waals surface area (Å²) in [7, 11) is -3.18. The summed E-state index contributed by atoms with van der Waals surface area (Å²) >= 11 is 0. The normalized spacial score (nSPS) is 15.9. The molecule has 0 aliphatic heterocycles. The molecule has 0 aromatic heterocycles.